The molecule has 1 saturated heterocycles. The Bertz CT molecular complexity index is 810. The van der Waals surface area contributed by atoms with Gasteiger partial charge in [0.25, 0.3) is 0 Å². The van der Waals surface area contributed by atoms with Crippen LogP contribution in [-0.4, -0.2) is 48.1 Å². The molecule has 27 heavy (non-hydrogen) atoms. The van der Waals surface area contributed by atoms with Crippen molar-refractivity contribution in [1.82, 2.24) is 15.2 Å². The number of anilines is 1. The van der Waals surface area contributed by atoms with Gasteiger partial charge < -0.3 is 25.0 Å². The van der Waals surface area contributed by atoms with Gasteiger partial charge in [-0.05, 0) is 24.6 Å². The summed E-state index contributed by atoms with van der Waals surface area (Å²) < 4.78 is 10.8. The van der Waals surface area contributed by atoms with Crippen molar-refractivity contribution in [2.45, 2.75) is 19.4 Å². The molecule has 0 unspecified atom stereocenters. The summed E-state index contributed by atoms with van der Waals surface area (Å²) in [6, 6.07) is 10.4. The summed E-state index contributed by atoms with van der Waals surface area (Å²) in [5.74, 6) is 1.63. The predicted octanol–water partition coefficient (Wildman–Crippen LogP) is 2.62. The summed E-state index contributed by atoms with van der Waals surface area (Å²) in [4.78, 5) is 29.3. The average molecular weight is 370 g/mol. The molecular weight excluding hydrogens is 348 g/mol. The van der Waals surface area contributed by atoms with E-state index in [0.29, 0.717) is 36.2 Å². The zero-order valence-corrected chi connectivity index (χ0v) is 15.3. The molecule has 1 atom stereocenters. The first-order valence-electron chi connectivity index (χ1n) is 8.64. The van der Waals surface area contributed by atoms with Gasteiger partial charge in [0.15, 0.2) is 0 Å². The number of aromatic nitrogens is 1. The van der Waals surface area contributed by atoms with Crippen LogP contribution in [0.1, 0.15) is 13.3 Å². The van der Waals surface area contributed by atoms with Crippen molar-refractivity contribution in [2.75, 3.05) is 25.5 Å². The molecule has 0 aliphatic carbocycles. The van der Waals surface area contributed by atoms with E-state index in [1.54, 1.807) is 36.3 Å². The Labute approximate surface area is 157 Å². The fourth-order valence-corrected chi connectivity index (χ4v) is 2.85. The molecule has 8 heteroatoms. The van der Waals surface area contributed by atoms with Gasteiger partial charge in [-0.3, -0.25) is 4.79 Å². The number of urea groups is 1. The van der Waals surface area contributed by atoms with Gasteiger partial charge in [-0.2, -0.15) is 0 Å². The minimum atomic E-state index is -0.217. The molecule has 0 radical (unpaired) electrons. The number of amides is 3. The van der Waals surface area contributed by atoms with Gasteiger partial charge in [0, 0.05) is 38.2 Å². The Hall–Kier alpha value is -3.29. The number of likely N-dealkylation sites (tertiary alicyclic amines) is 1. The summed E-state index contributed by atoms with van der Waals surface area (Å²) >= 11 is 0. The number of methoxy groups -OCH3 is 1. The zero-order chi connectivity index (χ0) is 19.2. The number of pyridine rings is 1. The fourth-order valence-electron chi connectivity index (χ4n) is 2.85. The van der Waals surface area contributed by atoms with Crippen LogP contribution in [0.25, 0.3) is 0 Å². The third-order valence-corrected chi connectivity index (χ3v) is 4.13. The van der Waals surface area contributed by atoms with Crippen LogP contribution in [0.3, 0.4) is 0 Å². The number of benzene rings is 1. The van der Waals surface area contributed by atoms with Crippen molar-refractivity contribution < 1.29 is 19.1 Å². The van der Waals surface area contributed by atoms with E-state index in [1.807, 2.05) is 12.1 Å². The third-order valence-electron chi connectivity index (χ3n) is 4.13. The molecule has 0 spiro atoms. The number of rotatable bonds is 5. The van der Waals surface area contributed by atoms with E-state index < -0.39 is 0 Å². The van der Waals surface area contributed by atoms with Crippen LogP contribution in [0.4, 0.5) is 10.5 Å². The average Bonchev–Trinajstić information content (AvgIpc) is 3.11. The molecule has 1 aromatic heterocycles. The highest BCUT2D eigenvalue weighted by molar-refractivity contribution is 5.89. The van der Waals surface area contributed by atoms with Crippen LogP contribution in [-0.2, 0) is 4.79 Å². The van der Waals surface area contributed by atoms with Crippen LogP contribution in [0.5, 0.6) is 17.4 Å². The second kappa shape index (κ2) is 8.39. The molecule has 1 aliphatic heterocycles. The second-order valence-corrected chi connectivity index (χ2v) is 6.23. The predicted molar refractivity (Wildman–Crippen MR) is 100 cm³/mol. The Morgan fingerprint density at radius 1 is 1.22 bits per heavy atom. The van der Waals surface area contributed by atoms with Crippen LogP contribution in [0.2, 0.25) is 0 Å². The van der Waals surface area contributed by atoms with E-state index in [1.165, 1.54) is 13.1 Å². The summed E-state index contributed by atoms with van der Waals surface area (Å²) in [7, 11) is 1.59. The number of hydrogen-bond acceptors (Lipinski definition) is 5. The number of carbonyl (C=O) groups is 2. The highest BCUT2D eigenvalue weighted by atomic mass is 16.5. The number of ether oxygens (including phenoxy) is 2. The molecule has 1 fully saturated rings. The smallest absolute Gasteiger partial charge is 0.321 e. The van der Waals surface area contributed by atoms with Crippen molar-refractivity contribution >= 4 is 17.6 Å². The molecule has 142 valence electrons. The van der Waals surface area contributed by atoms with Crippen LogP contribution >= 0.6 is 0 Å². The Balaban J connectivity index is 1.54. The molecule has 2 N–H and O–H groups in total. The molecule has 3 amide bonds. The lowest BCUT2D eigenvalue weighted by Gasteiger charge is -2.17. The number of nitrogens with one attached hydrogen (secondary N) is 2. The molecule has 1 aliphatic rings. The molecule has 2 heterocycles. The summed E-state index contributed by atoms with van der Waals surface area (Å²) in [6.07, 6.45) is 2.29. The monoisotopic (exact) mass is 370 g/mol. The second-order valence-electron chi connectivity index (χ2n) is 6.23. The Kier molecular flexibility index (Phi) is 5.75. The topological polar surface area (TPSA) is 92.8 Å². The minimum absolute atomic E-state index is 0.00464. The van der Waals surface area contributed by atoms with Gasteiger partial charge in [0.1, 0.15) is 11.5 Å². The van der Waals surface area contributed by atoms with E-state index >= 15 is 0 Å². The van der Waals surface area contributed by atoms with Crippen LogP contribution in [0.15, 0.2) is 42.6 Å². The maximum Gasteiger partial charge on any atom is 0.321 e. The van der Waals surface area contributed by atoms with E-state index in [9.17, 15) is 9.59 Å². The zero-order valence-electron chi connectivity index (χ0n) is 15.3. The van der Waals surface area contributed by atoms with Crippen molar-refractivity contribution in [3.05, 3.63) is 42.6 Å². The number of nitrogens with zero attached hydrogens (tertiary/aromatic N) is 2. The van der Waals surface area contributed by atoms with Crippen molar-refractivity contribution in [3.63, 3.8) is 0 Å². The van der Waals surface area contributed by atoms with Gasteiger partial charge in [-0.1, -0.05) is 6.07 Å². The van der Waals surface area contributed by atoms with E-state index in [4.69, 9.17) is 9.47 Å². The lowest BCUT2D eigenvalue weighted by Crippen LogP contribution is -2.38. The van der Waals surface area contributed by atoms with E-state index in [2.05, 4.69) is 15.6 Å². The maximum atomic E-state index is 12.3. The maximum absolute atomic E-state index is 12.3. The summed E-state index contributed by atoms with van der Waals surface area (Å²) in [5, 5.41) is 5.63. The first kappa shape index (κ1) is 18.5. The highest BCUT2D eigenvalue weighted by Gasteiger charge is 2.26. The highest BCUT2D eigenvalue weighted by Crippen LogP contribution is 2.24. The van der Waals surface area contributed by atoms with E-state index in [0.717, 1.165) is 6.42 Å². The molecule has 8 nitrogen and oxygen atoms in total. The quantitative estimate of drug-likeness (QED) is 0.844. The Morgan fingerprint density at radius 3 is 2.74 bits per heavy atom. The molecular formula is C19H22N4O4. The lowest BCUT2D eigenvalue weighted by molar-refractivity contribution is -0.119. The third kappa shape index (κ3) is 5.10. The molecule has 3 rings (SSSR count). The van der Waals surface area contributed by atoms with Gasteiger partial charge >= 0.3 is 6.03 Å². The fraction of sp³-hybridized carbons (Fsp3) is 0.316. The first-order valence-corrected chi connectivity index (χ1v) is 8.64. The van der Waals surface area contributed by atoms with Gasteiger partial charge in [0.05, 0.1) is 19.0 Å². The molecule has 0 bridgehead atoms. The SMILES string of the molecule is COc1cccc(Oc2ccc(NC(=O)N3CC[C@@H](NC(C)=O)C3)cn2)c1. The Morgan fingerprint density at radius 2 is 2.04 bits per heavy atom. The lowest BCUT2D eigenvalue weighted by atomic mass is 10.3. The van der Waals surface area contributed by atoms with Gasteiger partial charge in [0.2, 0.25) is 11.8 Å². The van der Waals surface area contributed by atoms with Crippen molar-refractivity contribution in [1.29, 1.82) is 0 Å². The van der Waals surface area contributed by atoms with Gasteiger partial charge in [-0.25, -0.2) is 9.78 Å². The van der Waals surface area contributed by atoms with Crippen LogP contribution in [0, 0.1) is 0 Å². The normalized spacial score (nSPS) is 15.9. The summed E-state index contributed by atoms with van der Waals surface area (Å²) in [6.45, 7) is 2.57. The number of hydrogen-bond donors (Lipinski definition) is 2. The minimum Gasteiger partial charge on any atom is -0.497 e. The molecule has 0 saturated carbocycles. The number of carbonyl (C=O) groups excluding carboxylic acids is 2. The first-order chi connectivity index (χ1) is 13.0. The standard InChI is InChI=1S/C19H22N4O4/c1-13(24)21-15-8-9-23(12-15)19(25)22-14-6-7-18(20-11-14)27-17-5-3-4-16(10-17)26-2/h3-7,10-11,15H,8-9,12H2,1-2H3,(H,21,24)(H,22,25)/t15-/m1/s1. The van der Waals surface area contributed by atoms with Crippen LogP contribution < -0.4 is 20.1 Å². The van der Waals surface area contributed by atoms with Gasteiger partial charge in [-0.15, -0.1) is 0 Å². The van der Waals surface area contributed by atoms with E-state index in [-0.39, 0.29) is 18.0 Å². The molecule has 1 aromatic carbocycles. The van der Waals surface area contributed by atoms with Crippen molar-refractivity contribution in [3.8, 4) is 17.4 Å². The molecule has 2 aromatic rings. The summed E-state index contributed by atoms with van der Waals surface area (Å²) in [5.41, 5.74) is 0.570. The van der Waals surface area contributed by atoms with Crippen molar-refractivity contribution in [2.24, 2.45) is 0 Å². The largest absolute Gasteiger partial charge is 0.497 e.